The highest BCUT2D eigenvalue weighted by atomic mass is 16.6. The number of amides is 2. The van der Waals surface area contributed by atoms with Crippen molar-refractivity contribution in [3.05, 3.63) is 108 Å². The fourth-order valence-corrected chi connectivity index (χ4v) is 4.00. The number of nitrogens with zero attached hydrogens (tertiary/aromatic N) is 3. The van der Waals surface area contributed by atoms with Crippen LogP contribution in [0.3, 0.4) is 0 Å². The Morgan fingerprint density at radius 1 is 0.971 bits per heavy atom. The molecule has 3 aromatic carbocycles. The third kappa shape index (κ3) is 5.14. The lowest BCUT2D eigenvalue weighted by Crippen LogP contribution is -2.25. The second-order valence-corrected chi connectivity index (χ2v) is 8.09. The predicted octanol–water partition coefficient (Wildman–Crippen LogP) is 5.21. The minimum absolute atomic E-state index is 0.306. The molecule has 0 spiro atoms. The minimum atomic E-state index is -0.416. The summed E-state index contributed by atoms with van der Waals surface area (Å²) in [4.78, 5) is 26.3. The number of para-hydroxylation sites is 2. The maximum atomic E-state index is 12.8. The maximum Gasteiger partial charge on any atom is 0.414 e. The fourth-order valence-electron chi connectivity index (χ4n) is 4.00. The van der Waals surface area contributed by atoms with Crippen molar-refractivity contribution in [3.8, 4) is 11.3 Å². The minimum Gasteiger partial charge on any atom is -0.447 e. The average molecular weight is 465 g/mol. The monoisotopic (exact) mass is 464 g/mol. The van der Waals surface area contributed by atoms with Gasteiger partial charge in [-0.05, 0) is 23.8 Å². The fraction of sp³-hybridized carbons (Fsp3) is 0.107. The molecule has 0 saturated carbocycles. The molecule has 0 atom stereocenters. The van der Waals surface area contributed by atoms with E-state index in [1.165, 1.54) is 11.0 Å². The zero-order valence-corrected chi connectivity index (χ0v) is 19.0. The van der Waals surface area contributed by atoms with Crippen molar-refractivity contribution in [2.75, 3.05) is 23.4 Å². The molecule has 0 unspecified atom stereocenters. The molecule has 35 heavy (non-hydrogen) atoms. The molecular formula is C28H24N4O3. The number of rotatable bonds is 7. The van der Waals surface area contributed by atoms with E-state index in [0.717, 1.165) is 22.4 Å². The van der Waals surface area contributed by atoms with Crippen LogP contribution in [-0.2, 0) is 16.1 Å². The summed E-state index contributed by atoms with van der Waals surface area (Å²) in [6.45, 7) is 1.40. The normalized spacial score (nSPS) is 13.3. The molecule has 2 heterocycles. The van der Waals surface area contributed by atoms with Crippen molar-refractivity contribution in [2.24, 2.45) is 0 Å². The van der Waals surface area contributed by atoms with Crippen LogP contribution in [0.25, 0.3) is 17.3 Å². The highest BCUT2D eigenvalue weighted by Gasteiger charge is 2.25. The number of benzene rings is 3. The molecule has 7 heteroatoms. The Bertz CT molecular complexity index is 1360. The van der Waals surface area contributed by atoms with E-state index in [0.29, 0.717) is 31.1 Å². The number of carbonyl (C=O) groups excluding carboxylic acids is 2. The van der Waals surface area contributed by atoms with Crippen LogP contribution < -0.4 is 10.2 Å². The van der Waals surface area contributed by atoms with Gasteiger partial charge in [0.05, 0.1) is 30.2 Å². The van der Waals surface area contributed by atoms with Crippen molar-refractivity contribution in [2.45, 2.75) is 6.54 Å². The molecular weight excluding hydrogens is 440 g/mol. The van der Waals surface area contributed by atoms with Gasteiger partial charge in [0.25, 0.3) is 0 Å². The van der Waals surface area contributed by atoms with Crippen LogP contribution in [0.4, 0.5) is 16.2 Å². The van der Waals surface area contributed by atoms with Crippen LogP contribution in [0.1, 0.15) is 11.1 Å². The van der Waals surface area contributed by atoms with Crippen molar-refractivity contribution >= 4 is 29.5 Å². The van der Waals surface area contributed by atoms with Gasteiger partial charge in [-0.25, -0.2) is 4.79 Å². The number of hydrogen-bond donors (Lipinski definition) is 1. The molecule has 1 fully saturated rings. The van der Waals surface area contributed by atoms with Gasteiger partial charge in [-0.1, -0.05) is 72.8 Å². The topological polar surface area (TPSA) is 76.5 Å². The highest BCUT2D eigenvalue weighted by Crippen LogP contribution is 2.28. The van der Waals surface area contributed by atoms with Gasteiger partial charge in [-0.15, -0.1) is 0 Å². The SMILES string of the molecule is O=C(/C=C/c1cn(Cc2ccccc2)nc1-c1ccccc1)Nc1ccccc1N1CCOC1=O. The number of aromatic nitrogens is 2. The quantitative estimate of drug-likeness (QED) is 0.381. The Morgan fingerprint density at radius 2 is 1.69 bits per heavy atom. The van der Waals surface area contributed by atoms with Crippen LogP contribution in [-0.4, -0.2) is 34.9 Å². The lowest BCUT2D eigenvalue weighted by molar-refractivity contribution is -0.111. The standard InChI is InChI=1S/C28H24N4O3/c33-26(29-24-13-7-8-14-25(24)32-17-18-35-28(32)34)16-15-23-20-31(19-21-9-3-1-4-10-21)30-27(23)22-11-5-2-6-12-22/h1-16,20H,17-19H2,(H,29,33)/b16-15+. The van der Waals surface area contributed by atoms with Gasteiger partial charge < -0.3 is 10.1 Å². The Hall–Kier alpha value is -4.65. The molecule has 0 bridgehead atoms. The zero-order chi connectivity index (χ0) is 24.0. The summed E-state index contributed by atoms with van der Waals surface area (Å²) in [5, 5.41) is 7.67. The molecule has 1 saturated heterocycles. The van der Waals surface area contributed by atoms with Gasteiger partial charge in [-0.2, -0.15) is 5.10 Å². The van der Waals surface area contributed by atoms with E-state index in [4.69, 9.17) is 9.84 Å². The molecule has 0 aliphatic carbocycles. The Morgan fingerprint density at radius 3 is 2.43 bits per heavy atom. The van der Waals surface area contributed by atoms with Crippen LogP contribution in [0.15, 0.2) is 97.2 Å². The Kier molecular flexibility index (Phi) is 6.39. The van der Waals surface area contributed by atoms with Crippen LogP contribution in [0.2, 0.25) is 0 Å². The van der Waals surface area contributed by atoms with E-state index >= 15 is 0 Å². The molecule has 2 amide bonds. The van der Waals surface area contributed by atoms with Crippen LogP contribution in [0.5, 0.6) is 0 Å². The first kappa shape index (κ1) is 22.2. The summed E-state index contributed by atoms with van der Waals surface area (Å²) in [6.07, 6.45) is 4.77. The molecule has 4 aromatic rings. The third-order valence-electron chi connectivity index (χ3n) is 5.65. The highest BCUT2D eigenvalue weighted by molar-refractivity contribution is 6.05. The second-order valence-electron chi connectivity index (χ2n) is 8.09. The van der Waals surface area contributed by atoms with E-state index in [2.05, 4.69) is 17.4 Å². The zero-order valence-electron chi connectivity index (χ0n) is 19.0. The average Bonchev–Trinajstić information content (AvgIpc) is 3.50. The number of cyclic esters (lactones) is 1. The number of ether oxygens (including phenoxy) is 1. The van der Waals surface area contributed by atoms with Gasteiger partial charge in [0, 0.05) is 23.4 Å². The van der Waals surface area contributed by atoms with Crippen molar-refractivity contribution in [1.29, 1.82) is 0 Å². The first-order valence-electron chi connectivity index (χ1n) is 11.4. The first-order valence-corrected chi connectivity index (χ1v) is 11.4. The molecule has 1 aliphatic rings. The maximum absolute atomic E-state index is 12.8. The summed E-state index contributed by atoms with van der Waals surface area (Å²) in [5.41, 5.74) is 4.89. The van der Waals surface area contributed by atoms with E-state index in [1.54, 1.807) is 18.2 Å². The Balaban J connectivity index is 1.38. The number of anilines is 2. The molecule has 5 rings (SSSR count). The largest absolute Gasteiger partial charge is 0.447 e. The predicted molar refractivity (Wildman–Crippen MR) is 136 cm³/mol. The van der Waals surface area contributed by atoms with Crippen LogP contribution >= 0.6 is 0 Å². The molecule has 1 aromatic heterocycles. The molecule has 1 aliphatic heterocycles. The third-order valence-corrected chi connectivity index (χ3v) is 5.65. The number of nitrogens with one attached hydrogen (secondary N) is 1. The van der Waals surface area contributed by atoms with E-state index in [1.807, 2.05) is 71.5 Å². The van der Waals surface area contributed by atoms with Gasteiger partial charge in [0.15, 0.2) is 0 Å². The first-order chi connectivity index (χ1) is 17.2. The number of carbonyl (C=O) groups is 2. The summed E-state index contributed by atoms with van der Waals surface area (Å²) in [7, 11) is 0. The van der Waals surface area contributed by atoms with Gasteiger partial charge in [0.2, 0.25) is 5.91 Å². The molecule has 1 N–H and O–H groups in total. The molecule has 0 radical (unpaired) electrons. The molecule has 7 nitrogen and oxygen atoms in total. The van der Waals surface area contributed by atoms with E-state index in [-0.39, 0.29) is 5.91 Å². The lowest BCUT2D eigenvalue weighted by Gasteiger charge is -2.17. The second kappa shape index (κ2) is 10.1. The summed E-state index contributed by atoms with van der Waals surface area (Å²) >= 11 is 0. The van der Waals surface area contributed by atoms with Crippen molar-refractivity contribution in [1.82, 2.24) is 9.78 Å². The van der Waals surface area contributed by atoms with Gasteiger partial charge in [0.1, 0.15) is 6.61 Å². The van der Waals surface area contributed by atoms with Gasteiger partial charge in [-0.3, -0.25) is 14.4 Å². The van der Waals surface area contributed by atoms with E-state index in [9.17, 15) is 9.59 Å². The molecule has 174 valence electrons. The number of hydrogen-bond acceptors (Lipinski definition) is 4. The smallest absolute Gasteiger partial charge is 0.414 e. The van der Waals surface area contributed by atoms with Crippen molar-refractivity contribution in [3.63, 3.8) is 0 Å². The summed E-state index contributed by atoms with van der Waals surface area (Å²) in [5.74, 6) is -0.306. The summed E-state index contributed by atoms with van der Waals surface area (Å²) in [6, 6.07) is 27.2. The van der Waals surface area contributed by atoms with Crippen LogP contribution in [0, 0.1) is 0 Å². The summed E-state index contributed by atoms with van der Waals surface area (Å²) < 4.78 is 6.91. The lowest BCUT2D eigenvalue weighted by atomic mass is 10.1. The van der Waals surface area contributed by atoms with Gasteiger partial charge >= 0.3 is 6.09 Å². The van der Waals surface area contributed by atoms with Crippen molar-refractivity contribution < 1.29 is 14.3 Å². The van der Waals surface area contributed by atoms with E-state index < -0.39 is 6.09 Å². The Labute approximate surface area is 203 Å².